The average molecular weight is 329 g/mol. The molecule has 2 aromatic heterocycles. The summed E-state index contributed by atoms with van der Waals surface area (Å²) in [4.78, 5) is 13.4. The number of rotatable bonds is 3. The van der Waals surface area contributed by atoms with Crippen molar-refractivity contribution in [3.63, 3.8) is 0 Å². The second-order valence-electron chi connectivity index (χ2n) is 4.30. The fourth-order valence-electron chi connectivity index (χ4n) is 2.07. The van der Waals surface area contributed by atoms with Crippen LogP contribution in [0.25, 0.3) is 22.3 Å². The zero-order valence-corrected chi connectivity index (χ0v) is 12.6. The van der Waals surface area contributed by atoms with Gasteiger partial charge in [0.05, 0.1) is 4.47 Å². The van der Waals surface area contributed by atoms with Gasteiger partial charge in [-0.2, -0.15) is 0 Å². The van der Waals surface area contributed by atoms with Gasteiger partial charge in [0.25, 0.3) is 0 Å². The highest BCUT2D eigenvalue weighted by Crippen LogP contribution is 2.26. The number of halogens is 1. The molecule has 0 aliphatic heterocycles. The van der Waals surface area contributed by atoms with Gasteiger partial charge in [0.2, 0.25) is 0 Å². The number of pyridine rings is 1. The topological polar surface area (TPSA) is 50.7 Å². The molecule has 0 saturated heterocycles. The lowest BCUT2D eigenvalue weighted by Crippen LogP contribution is -2.03. The summed E-state index contributed by atoms with van der Waals surface area (Å²) in [5, 5.41) is 5.40. The van der Waals surface area contributed by atoms with E-state index in [4.69, 9.17) is 0 Å². The number of nitrogens with one attached hydrogen (secondary N) is 1. The number of anilines is 1. The van der Waals surface area contributed by atoms with Crippen LogP contribution in [-0.4, -0.2) is 21.5 Å². The molecule has 100 valence electrons. The molecule has 1 aromatic carbocycles. The summed E-state index contributed by atoms with van der Waals surface area (Å²) in [7, 11) is 0. The summed E-state index contributed by atoms with van der Waals surface area (Å²) in [6, 6.07) is 10.1. The largest absolute Gasteiger partial charge is 0.369 e. The molecule has 0 radical (unpaired) electrons. The van der Waals surface area contributed by atoms with Crippen LogP contribution < -0.4 is 5.32 Å². The third-order valence-electron chi connectivity index (χ3n) is 2.97. The van der Waals surface area contributed by atoms with Gasteiger partial charge < -0.3 is 5.32 Å². The number of aromatic nitrogens is 3. The highest BCUT2D eigenvalue weighted by atomic mass is 79.9. The number of hydrogen-bond acceptors (Lipinski definition) is 4. The van der Waals surface area contributed by atoms with Crippen LogP contribution in [0.15, 0.2) is 47.2 Å². The zero-order chi connectivity index (χ0) is 13.9. The van der Waals surface area contributed by atoms with E-state index in [1.54, 1.807) is 12.4 Å². The van der Waals surface area contributed by atoms with E-state index in [9.17, 15) is 0 Å². The second kappa shape index (κ2) is 5.54. The maximum Gasteiger partial charge on any atom is 0.180 e. The van der Waals surface area contributed by atoms with Gasteiger partial charge in [-0.3, -0.25) is 4.98 Å². The Hall–Kier alpha value is -2.01. The van der Waals surface area contributed by atoms with Crippen molar-refractivity contribution in [2.24, 2.45) is 0 Å². The Morgan fingerprint density at radius 3 is 2.85 bits per heavy atom. The lowest BCUT2D eigenvalue weighted by Gasteiger charge is -2.08. The number of fused-ring (bicyclic) bond motifs is 1. The van der Waals surface area contributed by atoms with Gasteiger partial charge in [0.15, 0.2) is 5.82 Å². The van der Waals surface area contributed by atoms with Crippen LogP contribution in [0.2, 0.25) is 0 Å². The fraction of sp³-hybridized carbons (Fsp3) is 0.133. The van der Waals surface area contributed by atoms with Crippen LogP contribution >= 0.6 is 15.9 Å². The minimum absolute atomic E-state index is 0.626. The molecule has 1 N–H and O–H groups in total. The normalized spacial score (nSPS) is 10.7. The van der Waals surface area contributed by atoms with Crippen molar-refractivity contribution in [3.05, 3.63) is 47.2 Å². The minimum atomic E-state index is 0.626. The molecule has 0 aliphatic rings. The summed E-state index contributed by atoms with van der Waals surface area (Å²) in [5.74, 6) is 1.41. The maximum absolute atomic E-state index is 4.55. The van der Waals surface area contributed by atoms with Crippen LogP contribution in [0.4, 0.5) is 5.82 Å². The van der Waals surface area contributed by atoms with E-state index < -0.39 is 0 Å². The Labute approximate surface area is 125 Å². The molecule has 0 aliphatic carbocycles. The summed E-state index contributed by atoms with van der Waals surface area (Å²) in [6.07, 6.45) is 3.54. The van der Waals surface area contributed by atoms with Crippen LogP contribution in [0.3, 0.4) is 0 Å². The van der Waals surface area contributed by atoms with Crippen molar-refractivity contribution >= 4 is 32.5 Å². The molecule has 3 rings (SSSR count). The molecule has 0 saturated carbocycles. The summed E-state index contributed by atoms with van der Waals surface area (Å²) in [6.45, 7) is 2.84. The second-order valence-corrected chi connectivity index (χ2v) is 5.16. The van der Waals surface area contributed by atoms with Crippen molar-refractivity contribution < 1.29 is 0 Å². The molecule has 5 heteroatoms. The highest BCUT2D eigenvalue weighted by Gasteiger charge is 2.10. The van der Waals surface area contributed by atoms with E-state index >= 15 is 0 Å². The number of nitrogens with zero attached hydrogens (tertiary/aromatic N) is 3. The van der Waals surface area contributed by atoms with E-state index in [0.717, 1.165) is 33.3 Å². The third kappa shape index (κ3) is 2.36. The lowest BCUT2D eigenvalue weighted by molar-refractivity contribution is 1.09. The first-order valence-electron chi connectivity index (χ1n) is 6.40. The Bertz CT molecular complexity index is 752. The SMILES string of the molecule is CCNc1nc(-c2nccc3ccccc23)ncc1Br. The quantitative estimate of drug-likeness (QED) is 0.792. The Morgan fingerprint density at radius 1 is 1.15 bits per heavy atom. The van der Waals surface area contributed by atoms with E-state index in [1.165, 1.54) is 0 Å². The third-order valence-corrected chi connectivity index (χ3v) is 3.55. The summed E-state index contributed by atoms with van der Waals surface area (Å²) < 4.78 is 0.850. The van der Waals surface area contributed by atoms with Crippen molar-refractivity contribution in [2.75, 3.05) is 11.9 Å². The Morgan fingerprint density at radius 2 is 2.00 bits per heavy atom. The van der Waals surface area contributed by atoms with Gasteiger partial charge >= 0.3 is 0 Å². The average Bonchev–Trinajstić information content (AvgIpc) is 2.49. The molecule has 2 heterocycles. The molecule has 0 fully saturated rings. The minimum Gasteiger partial charge on any atom is -0.369 e. The Kier molecular flexibility index (Phi) is 3.60. The van der Waals surface area contributed by atoms with Gasteiger partial charge in [-0.15, -0.1) is 0 Å². The van der Waals surface area contributed by atoms with Crippen molar-refractivity contribution in [1.29, 1.82) is 0 Å². The molecular formula is C15H13BrN4. The standard InChI is InChI=1S/C15H13BrN4/c1-2-17-14-12(16)9-19-15(20-14)13-11-6-4-3-5-10(11)7-8-18-13/h3-9H,2H2,1H3,(H,17,19,20). The molecule has 0 atom stereocenters. The lowest BCUT2D eigenvalue weighted by atomic mass is 10.1. The van der Waals surface area contributed by atoms with Crippen LogP contribution in [-0.2, 0) is 0 Å². The predicted molar refractivity (Wildman–Crippen MR) is 84.6 cm³/mol. The first-order valence-corrected chi connectivity index (χ1v) is 7.19. The van der Waals surface area contributed by atoms with Gasteiger partial charge in [-0.05, 0) is 34.3 Å². The molecule has 0 unspecified atom stereocenters. The maximum atomic E-state index is 4.55. The molecule has 0 bridgehead atoms. The number of benzene rings is 1. The molecule has 4 nitrogen and oxygen atoms in total. The van der Waals surface area contributed by atoms with Crippen LogP contribution in [0.1, 0.15) is 6.92 Å². The first kappa shape index (κ1) is 13.0. The van der Waals surface area contributed by atoms with Crippen LogP contribution in [0.5, 0.6) is 0 Å². The van der Waals surface area contributed by atoms with Crippen molar-refractivity contribution in [2.45, 2.75) is 6.92 Å². The van der Waals surface area contributed by atoms with Gasteiger partial charge in [-0.1, -0.05) is 24.3 Å². The van der Waals surface area contributed by atoms with Crippen LogP contribution in [0, 0.1) is 0 Å². The summed E-state index contributed by atoms with van der Waals surface area (Å²) >= 11 is 3.45. The smallest absolute Gasteiger partial charge is 0.180 e. The monoisotopic (exact) mass is 328 g/mol. The van der Waals surface area contributed by atoms with Gasteiger partial charge in [0.1, 0.15) is 11.5 Å². The van der Waals surface area contributed by atoms with Gasteiger partial charge in [0, 0.05) is 24.3 Å². The number of hydrogen-bond donors (Lipinski definition) is 1. The highest BCUT2D eigenvalue weighted by molar-refractivity contribution is 9.10. The zero-order valence-electron chi connectivity index (χ0n) is 11.0. The predicted octanol–water partition coefficient (Wildman–Crippen LogP) is 3.89. The van der Waals surface area contributed by atoms with E-state index in [1.807, 2.05) is 31.2 Å². The summed E-state index contributed by atoms with van der Waals surface area (Å²) in [5.41, 5.74) is 0.801. The molecule has 0 spiro atoms. The van der Waals surface area contributed by atoms with E-state index in [0.29, 0.717) is 5.82 Å². The van der Waals surface area contributed by atoms with Crippen molar-refractivity contribution in [1.82, 2.24) is 15.0 Å². The fourth-order valence-corrected chi connectivity index (χ4v) is 2.40. The van der Waals surface area contributed by atoms with Crippen molar-refractivity contribution in [3.8, 4) is 11.5 Å². The van der Waals surface area contributed by atoms with Gasteiger partial charge in [-0.25, -0.2) is 9.97 Å². The van der Waals surface area contributed by atoms with E-state index in [-0.39, 0.29) is 0 Å². The molecule has 20 heavy (non-hydrogen) atoms. The molecular weight excluding hydrogens is 316 g/mol. The Balaban J connectivity index is 2.18. The molecule has 3 aromatic rings. The molecule has 0 amide bonds. The van der Waals surface area contributed by atoms with E-state index in [2.05, 4.69) is 42.3 Å². The first-order chi connectivity index (χ1) is 9.79.